The molecule has 1 aromatic carbocycles. The summed E-state index contributed by atoms with van der Waals surface area (Å²) in [5.74, 6) is 0.936. The van der Waals surface area contributed by atoms with Crippen molar-refractivity contribution >= 4 is 34.4 Å². The highest BCUT2D eigenvalue weighted by molar-refractivity contribution is 6.30. The summed E-state index contributed by atoms with van der Waals surface area (Å²) in [6.07, 6.45) is 0. The number of halogens is 1. The molecule has 0 amide bonds. The van der Waals surface area contributed by atoms with Crippen molar-refractivity contribution in [3.05, 3.63) is 62.3 Å². The van der Waals surface area contributed by atoms with Crippen LogP contribution in [0.3, 0.4) is 0 Å². The maximum atomic E-state index is 13.2. The Balaban J connectivity index is 2.02. The number of imidazole rings is 1. The lowest BCUT2D eigenvalue weighted by molar-refractivity contribution is 0.458. The SMILES string of the molecule is C=C(C)Cn1c(=O)c2c(nc3n2CC(C)CN3c2cccc(Cl)c2)n(C)c1=O. The molecule has 4 rings (SSSR count). The normalized spacial score (nSPS) is 16.4. The van der Waals surface area contributed by atoms with Gasteiger partial charge in [0.25, 0.3) is 5.56 Å². The minimum Gasteiger partial charge on any atom is -0.312 e. The van der Waals surface area contributed by atoms with Crippen LogP contribution in [-0.4, -0.2) is 25.2 Å². The molecule has 146 valence electrons. The predicted molar refractivity (Wildman–Crippen MR) is 112 cm³/mol. The maximum Gasteiger partial charge on any atom is 0.332 e. The Bertz CT molecular complexity index is 1220. The topological polar surface area (TPSA) is 65.1 Å². The first-order chi connectivity index (χ1) is 13.3. The van der Waals surface area contributed by atoms with Crippen LogP contribution in [0.25, 0.3) is 11.2 Å². The van der Waals surface area contributed by atoms with Gasteiger partial charge in [0.2, 0.25) is 5.95 Å². The lowest BCUT2D eigenvalue weighted by Gasteiger charge is -2.33. The molecule has 0 fully saturated rings. The molecule has 1 aliphatic heterocycles. The fraction of sp³-hybridized carbons (Fsp3) is 0.350. The van der Waals surface area contributed by atoms with E-state index < -0.39 is 5.69 Å². The molecular formula is C20H22ClN5O2. The van der Waals surface area contributed by atoms with Crippen molar-refractivity contribution in [1.82, 2.24) is 18.7 Å². The van der Waals surface area contributed by atoms with E-state index in [4.69, 9.17) is 11.6 Å². The number of benzene rings is 1. The van der Waals surface area contributed by atoms with Gasteiger partial charge in [0.1, 0.15) is 0 Å². The van der Waals surface area contributed by atoms with E-state index in [-0.39, 0.29) is 18.0 Å². The van der Waals surface area contributed by atoms with Gasteiger partial charge in [-0.3, -0.25) is 13.9 Å². The molecule has 28 heavy (non-hydrogen) atoms. The second-order valence-electron chi connectivity index (χ2n) is 7.58. The van der Waals surface area contributed by atoms with Gasteiger partial charge < -0.3 is 9.47 Å². The molecule has 0 spiro atoms. The molecular weight excluding hydrogens is 378 g/mol. The van der Waals surface area contributed by atoms with Crippen LogP contribution in [0.1, 0.15) is 13.8 Å². The van der Waals surface area contributed by atoms with Crippen molar-refractivity contribution < 1.29 is 0 Å². The lowest BCUT2D eigenvalue weighted by atomic mass is 10.1. The largest absolute Gasteiger partial charge is 0.332 e. The van der Waals surface area contributed by atoms with Crippen molar-refractivity contribution in [3.8, 4) is 0 Å². The van der Waals surface area contributed by atoms with E-state index in [0.29, 0.717) is 28.7 Å². The third-order valence-electron chi connectivity index (χ3n) is 4.99. The Morgan fingerprint density at radius 3 is 2.75 bits per heavy atom. The molecule has 7 nitrogen and oxygen atoms in total. The summed E-state index contributed by atoms with van der Waals surface area (Å²) >= 11 is 6.19. The van der Waals surface area contributed by atoms with Crippen LogP contribution in [-0.2, 0) is 20.1 Å². The Hall–Kier alpha value is -2.80. The molecule has 0 aliphatic carbocycles. The van der Waals surface area contributed by atoms with E-state index in [9.17, 15) is 9.59 Å². The molecule has 0 saturated carbocycles. The number of aryl methyl sites for hydroxylation is 1. The number of rotatable bonds is 3. The third kappa shape index (κ3) is 2.86. The van der Waals surface area contributed by atoms with Gasteiger partial charge in [-0.15, -0.1) is 0 Å². The highest BCUT2D eigenvalue weighted by atomic mass is 35.5. The van der Waals surface area contributed by atoms with Crippen LogP contribution in [0, 0.1) is 5.92 Å². The van der Waals surface area contributed by atoms with Crippen molar-refractivity contribution in [3.63, 3.8) is 0 Å². The standard InChI is InChI=1S/C20H22ClN5O2/c1-12(2)9-26-18(27)16-17(23(4)20(26)28)22-19-24(10-13(3)11-25(16)19)15-7-5-6-14(21)8-15/h5-8,13H,1,9-11H2,2-4H3. The Kier molecular flexibility index (Phi) is 4.42. The second-order valence-corrected chi connectivity index (χ2v) is 8.02. The van der Waals surface area contributed by atoms with Crippen LogP contribution >= 0.6 is 11.6 Å². The first kappa shape index (κ1) is 18.6. The van der Waals surface area contributed by atoms with Gasteiger partial charge in [0.15, 0.2) is 11.2 Å². The van der Waals surface area contributed by atoms with Crippen LogP contribution in [0.15, 0.2) is 46.0 Å². The zero-order chi connectivity index (χ0) is 20.2. The van der Waals surface area contributed by atoms with Crippen LogP contribution in [0.4, 0.5) is 11.6 Å². The van der Waals surface area contributed by atoms with Crippen molar-refractivity contribution in [2.24, 2.45) is 13.0 Å². The van der Waals surface area contributed by atoms with E-state index in [1.54, 1.807) is 14.0 Å². The van der Waals surface area contributed by atoms with Crippen LogP contribution in [0.2, 0.25) is 5.02 Å². The summed E-state index contributed by atoms with van der Waals surface area (Å²) in [6.45, 7) is 9.35. The maximum absolute atomic E-state index is 13.2. The molecule has 3 heterocycles. The van der Waals surface area contributed by atoms with Crippen LogP contribution in [0.5, 0.6) is 0 Å². The van der Waals surface area contributed by atoms with E-state index in [0.717, 1.165) is 17.8 Å². The minimum absolute atomic E-state index is 0.190. The fourth-order valence-electron chi connectivity index (χ4n) is 3.78. The summed E-state index contributed by atoms with van der Waals surface area (Å²) in [5, 5.41) is 0.634. The molecule has 0 bridgehead atoms. The average molecular weight is 400 g/mol. The fourth-order valence-corrected chi connectivity index (χ4v) is 3.96. The van der Waals surface area contributed by atoms with Gasteiger partial charge >= 0.3 is 5.69 Å². The Morgan fingerprint density at radius 2 is 2.07 bits per heavy atom. The Morgan fingerprint density at radius 1 is 1.32 bits per heavy atom. The second kappa shape index (κ2) is 6.67. The number of anilines is 2. The van der Waals surface area contributed by atoms with Gasteiger partial charge in [-0.25, -0.2) is 4.79 Å². The average Bonchev–Trinajstić information content (AvgIpc) is 3.02. The highest BCUT2D eigenvalue weighted by Crippen LogP contribution is 2.33. The number of hydrogen-bond acceptors (Lipinski definition) is 4. The van der Waals surface area contributed by atoms with Crippen molar-refractivity contribution in [1.29, 1.82) is 0 Å². The molecule has 2 aromatic heterocycles. The zero-order valence-electron chi connectivity index (χ0n) is 16.1. The molecule has 1 aliphatic rings. The molecule has 0 N–H and O–H groups in total. The summed E-state index contributed by atoms with van der Waals surface area (Å²) < 4.78 is 4.58. The van der Waals surface area contributed by atoms with E-state index >= 15 is 0 Å². The van der Waals surface area contributed by atoms with Gasteiger partial charge in [-0.2, -0.15) is 4.98 Å². The van der Waals surface area contributed by atoms with Crippen molar-refractivity contribution in [2.75, 3.05) is 11.4 Å². The zero-order valence-corrected chi connectivity index (χ0v) is 16.9. The highest BCUT2D eigenvalue weighted by Gasteiger charge is 2.29. The molecule has 0 saturated heterocycles. The smallest absolute Gasteiger partial charge is 0.312 e. The number of allylic oxidation sites excluding steroid dienone is 1. The van der Waals surface area contributed by atoms with Gasteiger partial charge in [-0.1, -0.05) is 36.7 Å². The molecule has 1 unspecified atom stereocenters. The molecule has 8 heteroatoms. The van der Waals surface area contributed by atoms with E-state index in [1.807, 2.05) is 33.7 Å². The van der Waals surface area contributed by atoms with E-state index in [1.165, 1.54) is 9.13 Å². The summed E-state index contributed by atoms with van der Waals surface area (Å²) in [5.41, 5.74) is 1.76. The van der Waals surface area contributed by atoms with Gasteiger partial charge in [0.05, 0.1) is 6.54 Å². The lowest BCUT2D eigenvalue weighted by Crippen LogP contribution is -2.40. The number of aromatic nitrogens is 4. The summed E-state index contributed by atoms with van der Waals surface area (Å²) in [7, 11) is 1.64. The predicted octanol–water partition coefficient (Wildman–Crippen LogP) is 2.91. The third-order valence-corrected chi connectivity index (χ3v) is 5.23. The van der Waals surface area contributed by atoms with Gasteiger partial charge in [0, 0.05) is 30.8 Å². The first-order valence-electron chi connectivity index (χ1n) is 9.15. The van der Waals surface area contributed by atoms with Crippen LogP contribution < -0.4 is 16.1 Å². The van der Waals surface area contributed by atoms with Crippen molar-refractivity contribution in [2.45, 2.75) is 26.9 Å². The first-order valence-corrected chi connectivity index (χ1v) is 9.53. The number of nitrogens with zero attached hydrogens (tertiary/aromatic N) is 5. The Labute approximate surface area is 167 Å². The van der Waals surface area contributed by atoms with Gasteiger partial charge in [-0.05, 0) is 31.0 Å². The van der Waals surface area contributed by atoms with E-state index in [2.05, 4.69) is 18.5 Å². The quantitative estimate of drug-likeness (QED) is 0.635. The molecule has 1 atom stereocenters. The minimum atomic E-state index is -0.390. The molecule has 0 radical (unpaired) electrons. The monoisotopic (exact) mass is 399 g/mol. The summed E-state index contributed by atoms with van der Waals surface area (Å²) in [6, 6.07) is 7.55. The number of fused-ring (bicyclic) bond motifs is 3. The number of hydrogen-bond donors (Lipinski definition) is 0. The summed E-state index contributed by atoms with van der Waals surface area (Å²) in [4.78, 5) is 32.6. The molecule has 3 aromatic rings.